The van der Waals surface area contributed by atoms with Crippen LogP contribution < -0.4 is 0 Å². The van der Waals surface area contributed by atoms with Crippen molar-refractivity contribution in [2.24, 2.45) is 11.8 Å². The summed E-state index contributed by atoms with van der Waals surface area (Å²) < 4.78 is 24.6. The topological polar surface area (TPSA) is 74.3 Å². The van der Waals surface area contributed by atoms with Gasteiger partial charge in [0.25, 0.3) is 0 Å². The lowest BCUT2D eigenvalue weighted by molar-refractivity contribution is -0.180. The van der Waals surface area contributed by atoms with Gasteiger partial charge in [0.1, 0.15) is 0 Å². The Kier molecular flexibility index (Phi) is 39.4. The molecule has 362 valence electrons. The third kappa shape index (κ3) is 33.9. The molecule has 1 fully saturated rings. The molecule has 1 saturated heterocycles. The third-order valence-electron chi connectivity index (χ3n) is 13.5. The number of carbonyl (C=O) groups is 2. The van der Waals surface area contributed by atoms with Crippen LogP contribution in [0.5, 0.6) is 0 Å². The molecule has 1 unspecified atom stereocenters. The quantitative estimate of drug-likeness (QED) is 0.0446. The van der Waals surface area contributed by atoms with Gasteiger partial charge in [-0.2, -0.15) is 0 Å². The van der Waals surface area contributed by atoms with Gasteiger partial charge in [0.15, 0.2) is 5.79 Å². The monoisotopic (exact) mass is 864 g/mol. The van der Waals surface area contributed by atoms with Crippen LogP contribution in [0.25, 0.3) is 0 Å². The minimum atomic E-state index is -0.389. The highest BCUT2D eigenvalue weighted by Crippen LogP contribution is 2.36. The minimum Gasteiger partial charge on any atom is -0.466 e. The molecule has 0 aliphatic carbocycles. The number of hydrogen-bond acceptors (Lipinski definition) is 7. The molecule has 0 bridgehead atoms. The Bertz CT molecular complexity index is 895. The van der Waals surface area contributed by atoms with Crippen LogP contribution in [0.15, 0.2) is 0 Å². The van der Waals surface area contributed by atoms with E-state index in [1.54, 1.807) is 0 Å². The first-order valence-corrected chi connectivity index (χ1v) is 27.1. The van der Waals surface area contributed by atoms with Gasteiger partial charge in [-0.3, -0.25) is 9.59 Å². The van der Waals surface area contributed by atoms with E-state index in [9.17, 15) is 9.59 Å². The van der Waals surface area contributed by atoms with Crippen molar-refractivity contribution in [3.63, 3.8) is 0 Å². The largest absolute Gasteiger partial charge is 0.466 e. The molecule has 7 heteroatoms. The van der Waals surface area contributed by atoms with Crippen molar-refractivity contribution in [3.8, 4) is 0 Å². The molecule has 1 rings (SSSR count). The number of unbranched alkanes of at least 4 members (excludes halogenated alkanes) is 22. The molecular weight excluding hydrogens is 759 g/mol. The standard InChI is InChI=1S/C54H105NO6/c1-7-12-28-36-49(37-29-13-8-2)46-52(56)58-44-34-26-22-18-16-20-24-32-41-54(60-48-51(61-54)40-43-55(6)11-5)42-33-25-21-17-19-23-27-35-45-59-53(57)47-50(38-30-14-9-3)39-31-15-10-4/h49-51H,7-48H2,1-6H3. The Morgan fingerprint density at radius 1 is 0.525 bits per heavy atom. The average molecular weight is 864 g/mol. The summed E-state index contributed by atoms with van der Waals surface area (Å²) in [5, 5.41) is 0. The van der Waals surface area contributed by atoms with Crippen LogP contribution in [-0.2, 0) is 28.5 Å². The first-order valence-electron chi connectivity index (χ1n) is 27.1. The van der Waals surface area contributed by atoms with Crippen LogP contribution in [0, 0.1) is 11.8 Å². The fourth-order valence-corrected chi connectivity index (χ4v) is 9.17. The second-order valence-corrected chi connectivity index (χ2v) is 19.4. The lowest BCUT2D eigenvalue weighted by Gasteiger charge is -2.29. The summed E-state index contributed by atoms with van der Waals surface area (Å²) in [7, 11) is 2.19. The van der Waals surface area contributed by atoms with Crippen LogP contribution in [0.4, 0.5) is 0 Å². The molecule has 7 nitrogen and oxygen atoms in total. The molecule has 0 aromatic heterocycles. The van der Waals surface area contributed by atoms with Gasteiger partial charge in [0.05, 0.1) is 25.9 Å². The second kappa shape index (κ2) is 41.5. The van der Waals surface area contributed by atoms with E-state index in [4.69, 9.17) is 18.9 Å². The van der Waals surface area contributed by atoms with E-state index in [0.717, 1.165) is 64.6 Å². The Labute approximate surface area is 380 Å². The van der Waals surface area contributed by atoms with Crippen molar-refractivity contribution < 1.29 is 28.5 Å². The summed E-state index contributed by atoms with van der Waals surface area (Å²) in [4.78, 5) is 27.4. The maximum atomic E-state index is 12.5. The highest BCUT2D eigenvalue weighted by atomic mass is 16.7. The fraction of sp³-hybridized carbons (Fsp3) is 0.963. The molecule has 0 aromatic rings. The Balaban J connectivity index is 2.24. The van der Waals surface area contributed by atoms with Gasteiger partial charge in [-0.05, 0) is 83.2 Å². The number of nitrogens with zero attached hydrogens (tertiary/aromatic N) is 1. The normalized spacial score (nSPS) is 15.1. The maximum absolute atomic E-state index is 12.5. The minimum absolute atomic E-state index is 0.0267. The molecule has 0 radical (unpaired) electrons. The van der Waals surface area contributed by atoms with Gasteiger partial charge in [-0.25, -0.2) is 0 Å². The Morgan fingerprint density at radius 3 is 1.25 bits per heavy atom. The van der Waals surface area contributed by atoms with Crippen LogP contribution in [0.1, 0.15) is 272 Å². The lowest BCUT2D eigenvalue weighted by atomic mass is 9.92. The third-order valence-corrected chi connectivity index (χ3v) is 13.5. The van der Waals surface area contributed by atoms with Gasteiger partial charge in [-0.15, -0.1) is 0 Å². The molecule has 0 N–H and O–H groups in total. The number of carbonyl (C=O) groups excluding carboxylic acids is 2. The van der Waals surface area contributed by atoms with Crippen molar-refractivity contribution in [2.75, 3.05) is 40.0 Å². The molecule has 1 heterocycles. The maximum Gasteiger partial charge on any atom is 0.306 e. The second-order valence-electron chi connectivity index (χ2n) is 19.4. The summed E-state index contributed by atoms with van der Waals surface area (Å²) in [6.07, 6.45) is 43.4. The smallest absolute Gasteiger partial charge is 0.306 e. The van der Waals surface area contributed by atoms with Gasteiger partial charge < -0.3 is 23.8 Å². The van der Waals surface area contributed by atoms with Gasteiger partial charge in [0, 0.05) is 32.2 Å². The van der Waals surface area contributed by atoms with Crippen LogP contribution in [-0.4, -0.2) is 68.7 Å². The molecular formula is C54H105NO6. The van der Waals surface area contributed by atoms with Gasteiger partial charge in [-0.1, -0.05) is 189 Å². The molecule has 0 aromatic carbocycles. The lowest BCUT2D eigenvalue weighted by Crippen LogP contribution is -2.32. The van der Waals surface area contributed by atoms with Crippen molar-refractivity contribution >= 4 is 11.9 Å². The van der Waals surface area contributed by atoms with Crippen molar-refractivity contribution in [2.45, 2.75) is 284 Å². The van der Waals surface area contributed by atoms with E-state index < -0.39 is 0 Å². The first kappa shape index (κ1) is 57.8. The van der Waals surface area contributed by atoms with E-state index in [1.807, 2.05) is 0 Å². The summed E-state index contributed by atoms with van der Waals surface area (Å²) in [5.41, 5.74) is 0. The fourth-order valence-electron chi connectivity index (χ4n) is 9.17. The molecule has 61 heavy (non-hydrogen) atoms. The molecule has 0 spiro atoms. The zero-order valence-electron chi connectivity index (χ0n) is 41.8. The predicted octanol–water partition coefficient (Wildman–Crippen LogP) is 15.9. The summed E-state index contributed by atoms with van der Waals surface area (Å²) in [6, 6.07) is 0. The van der Waals surface area contributed by atoms with E-state index in [0.29, 0.717) is 37.9 Å². The number of hydrogen-bond donors (Lipinski definition) is 0. The van der Waals surface area contributed by atoms with E-state index in [1.165, 1.54) is 180 Å². The van der Waals surface area contributed by atoms with E-state index >= 15 is 0 Å². The summed E-state index contributed by atoms with van der Waals surface area (Å²) >= 11 is 0. The van der Waals surface area contributed by atoms with E-state index in [2.05, 4.69) is 46.6 Å². The van der Waals surface area contributed by atoms with Gasteiger partial charge in [0.2, 0.25) is 0 Å². The van der Waals surface area contributed by atoms with Crippen LogP contribution in [0.2, 0.25) is 0 Å². The Morgan fingerprint density at radius 2 is 0.885 bits per heavy atom. The van der Waals surface area contributed by atoms with Crippen LogP contribution >= 0.6 is 0 Å². The molecule has 1 aliphatic heterocycles. The highest BCUT2D eigenvalue weighted by Gasteiger charge is 2.40. The van der Waals surface area contributed by atoms with Crippen molar-refractivity contribution in [1.82, 2.24) is 4.90 Å². The molecule has 1 aliphatic rings. The van der Waals surface area contributed by atoms with Crippen molar-refractivity contribution in [3.05, 3.63) is 0 Å². The first-order chi connectivity index (χ1) is 29.8. The average Bonchev–Trinajstić information content (AvgIpc) is 3.66. The van der Waals surface area contributed by atoms with Crippen LogP contribution in [0.3, 0.4) is 0 Å². The Hall–Kier alpha value is -1.18. The zero-order valence-corrected chi connectivity index (χ0v) is 41.8. The predicted molar refractivity (Wildman–Crippen MR) is 259 cm³/mol. The SMILES string of the molecule is CCCCCC(CCCCC)CC(=O)OCCCCCCCCCCC1(CCCCCCCCCCOC(=O)CC(CCCCC)CCCCC)OCC(CCN(C)CC)O1. The number of ether oxygens (including phenoxy) is 4. The molecule has 0 saturated carbocycles. The van der Waals surface area contributed by atoms with Gasteiger partial charge >= 0.3 is 11.9 Å². The zero-order chi connectivity index (χ0) is 44.5. The summed E-state index contributed by atoms with van der Waals surface area (Å²) in [5.74, 6) is 0.679. The number of esters is 2. The summed E-state index contributed by atoms with van der Waals surface area (Å²) in [6.45, 7) is 15.2. The molecule has 0 amide bonds. The molecule has 1 atom stereocenters. The van der Waals surface area contributed by atoms with Crippen molar-refractivity contribution in [1.29, 1.82) is 0 Å². The highest BCUT2D eigenvalue weighted by molar-refractivity contribution is 5.70. The van der Waals surface area contributed by atoms with E-state index in [-0.39, 0.29) is 23.8 Å². The number of rotatable bonds is 46.